The molecule has 1 heterocycles. The maximum Gasteiger partial charge on any atom is 0.245 e. The zero-order valence-electron chi connectivity index (χ0n) is 10.2. The van der Waals surface area contributed by atoms with E-state index in [1.54, 1.807) is 0 Å². The van der Waals surface area contributed by atoms with Gasteiger partial charge in [0.25, 0.3) is 0 Å². The summed E-state index contributed by atoms with van der Waals surface area (Å²) in [6.45, 7) is 3.72. The molecule has 1 amide bonds. The van der Waals surface area contributed by atoms with Crippen LogP contribution in [0.1, 0.15) is 35.8 Å². The number of piperidine rings is 1. The number of aryl methyl sites for hydroxylation is 1. The molecule has 2 rings (SSSR count). The van der Waals surface area contributed by atoms with Crippen molar-refractivity contribution < 1.29 is 4.79 Å². The molecule has 1 unspecified atom stereocenters. The Morgan fingerprint density at radius 3 is 2.65 bits per heavy atom. The Bertz CT molecular complexity index is 399. The molecular formula is C14H18ClNO. The summed E-state index contributed by atoms with van der Waals surface area (Å²) in [6.07, 6.45) is 3.42. The Hall–Kier alpha value is -1.02. The summed E-state index contributed by atoms with van der Waals surface area (Å²) in [7, 11) is 0. The topological polar surface area (TPSA) is 20.3 Å². The summed E-state index contributed by atoms with van der Waals surface area (Å²) in [4.78, 5) is 14.1. The Morgan fingerprint density at radius 1 is 1.29 bits per heavy atom. The number of nitrogens with zero attached hydrogens (tertiary/aromatic N) is 1. The number of amides is 1. The molecular weight excluding hydrogens is 234 g/mol. The molecule has 0 saturated carbocycles. The molecule has 1 saturated heterocycles. The molecule has 1 fully saturated rings. The van der Waals surface area contributed by atoms with Crippen LogP contribution in [0.5, 0.6) is 0 Å². The number of hydrogen-bond acceptors (Lipinski definition) is 1. The molecule has 0 bridgehead atoms. The van der Waals surface area contributed by atoms with Gasteiger partial charge in [-0.1, -0.05) is 29.8 Å². The van der Waals surface area contributed by atoms with Gasteiger partial charge in [0.1, 0.15) is 5.38 Å². The van der Waals surface area contributed by atoms with Crippen molar-refractivity contribution in [3.05, 3.63) is 35.4 Å². The number of likely N-dealkylation sites (tertiary alicyclic amines) is 1. The van der Waals surface area contributed by atoms with Crippen LogP contribution in [-0.2, 0) is 4.79 Å². The smallest absolute Gasteiger partial charge is 0.245 e. The third-order valence-electron chi connectivity index (χ3n) is 3.22. The van der Waals surface area contributed by atoms with Gasteiger partial charge in [-0.15, -0.1) is 11.6 Å². The molecule has 2 nitrogen and oxygen atoms in total. The van der Waals surface area contributed by atoms with Crippen LogP contribution in [0.2, 0.25) is 0 Å². The first kappa shape index (κ1) is 12.4. The van der Waals surface area contributed by atoms with E-state index in [2.05, 4.69) is 0 Å². The van der Waals surface area contributed by atoms with Crippen LogP contribution in [-0.4, -0.2) is 23.9 Å². The number of benzene rings is 1. The summed E-state index contributed by atoms with van der Waals surface area (Å²) < 4.78 is 0. The highest BCUT2D eigenvalue weighted by Crippen LogP contribution is 2.25. The van der Waals surface area contributed by atoms with Gasteiger partial charge in [-0.05, 0) is 31.7 Å². The summed E-state index contributed by atoms with van der Waals surface area (Å²) in [5, 5.41) is -0.534. The van der Waals surface area contributed by atoms with E-state index in [1.807, 2.05) is 36.1 Å². The average molecular weight is 252 g/mol. The van der Waals surface area contributed by atoms with Crippen molar-refractivity contribution in [2.45, 2.75) is 31.6 Å². The highest BCUT2D eigenvalue weighted by Gasteiger charge is 2.24. The highest BCUT2D eigenvalue weighted by atomic mass is 35.5. The SMILES string of the molecule is Cc1cccc(C(Cl)C(=O)N2CCCCC2)c1. The minimum Gasteiger partial charge on any atom is -0.341 e. The lowest BCUT2D eigenvalue weighted by Gasteiger charge is -2.28. The van der Waals surface area contributed by atoms with Gasteiger partial charge in [-0.2, -0.15) is 0 Å². The van der Waals surface area contributed by atoms with Crippen LogP contribution < -0.4 is 0 Å². The minimum atomic E-state index is -0.534. The molecule has 0 spiro atoms. The van der Waals surface area contributed by atoms with E-state index in [0.717, 1.165) is 37.1 Å². The van der Waals surface area contributed by atoms with Gasteiger partial charge in [0.05, 0.1) is 0 Å². The van der Waals surface area contributed by atoms with Crippen LogP contribution in [0.15, 0.2) is 24.3 Å². The minimum absolute atomic E-state index is 0.0527. The number of halogens is 1. The Kier molecular flexibility index (Phi) is 4.06. The summed E-state index contributed by atoms with van der Waals surface area (Å²) >= 11 is 6.27. The second kappa shape index (κ2) is 5.54. The zero-order valence-corrected chi connectivity index (χ0v) is 10.9. The van der Waals surface area contributed by atoms with Crippen molar-refractivity contribution >= 4 is 17.5 Å². The first-order chi connectivity index (χ1) is 8.18. The predicted octanol–water partition coefficient (Wildman–Crippen LogP) is 3.29. The van der Waals surface area contributed by atoms with Crippen molar-refractivity contribution in [1.82, 2.24) is 4.90 Å². The van der Waals surface area contributed by atoms with Crippen LogP contribution in [0.3, 0.4) is 0 Å². The van der Waals surface area contributed by atoms with Gasteiger partial charge < -0.3 is 4.90 Å². The fourth-order valence-electron chi connectivity index (χ4n) is 2.24. The fourth-order valence-corrected chi connectivity index (χ4v) is 2.52. The normalized spacial score (nSPS) is 17.9. The Balaban J connectivity index is 2.08. The van der Waals surface area contributed by atoms with Crippen molar-refractivity contribution in [3.63, 3.8) is 0 Å². The number of rotatable bonds is 2. The lowest BCUT2D eigenvalue weighted by atomic mass is 10.1. The molecule has 17 heavy (non-hydrogen) atoms. The van der Waals surface area contributed by atoms with Gasteiger partial charge in [0, 0.05) is 13.1 Å². The summed E-state index contributed by atoms with van der Waals surface area (Å²) in [5.74, 6) is 0.0527. The molecule has 1 aliphatic heterocycles. The number of carbonyl (C=O) groups excluding carboxylic acids is 1. The van der Waals surface area contributed by atoms with Crippen molar-refractivity contribution in [2.75, 3.05) is 13.1 Å². The fraction of sp³-hybridized carbons (Fsp3) is 0.500. The molecule has 0 aromatic heterocycles. The maximum atomic E-state index is 12.2. The van der Waals surface area contributed by atoms with E-state index in [0.29, 0.717) is 0 Å². The number of carbonyl (C=O) groups is 1. The van der Waals surface area contributed by atoms with Crippen molar-refractivity contribution in [2.24, 2.45) is 0 Å². The molecule has 1 aromatic rings. The number of hydrogen-bond donors (Lipinski definition) is 0. The summed E-state index contributed by atoms with van der Waals surface area (Å²) in [5.41, 5.74) is 2.04. The van der Waals surface area contributed by atoms with Gasteiger partial charge >= 0.3 is 0 Å². The summed E-state index contributed by atoms with van der Waals surface area (Å²) in [6, 6.07) is 7.87. The van der Waals surface area contributed by atoms with Crippen molar-refractivity contribution in [3.8, 4) is 0 Å². The predicted molar refractivity (Wildman–Crippen MR) is 70.2 cm³/mol. The average Bonchev–Trinajstić information content (AvgIpc) is 2.38. The third-order valence-corrected chi connectivity index (χ3v) is 3.66. The molecule has 1 aliphatic rings. The third kappa shape index (κ3) is 3.01. The van der Waals surface area contributed by atoms with Gasteiger partial charge in [0.15, 0.2) is 0 Å². The highest BCUT2D eigenvalue weighted by molar-refractivity contribution is 6.30. The first-order valence-electron chi connectivity index (χ1n) is 6.18. The second-order valence-electron chi connectivity index (χ2n) is 4.66. The van der Waals surface area contributed by atoms with Crippen LogP contribution in [0.25, 0.3) is 0 Å². The molecule has 92 valence electrons. The monoisotopic (exact) mass is 251 g/mol. The van der Waals surface area contributed by atoms with Crippen LogP contribution in [0.4, 0.5) is 0 Å². The van der Waals surface area contributed by atoms with E-state index in [9.17, 15) is 4.79 Å². The van der Waals surface area contributed by atoms with Crippen molar-refractivity contribution in [1.29, 1.82) is 0 Å². The van der Waals surface area contributed by atoms with E-state index < -0.39 is 5.38 Å². The molecule has 1 atom stereocenters. The van der Waals surface area contributed by atoms with Gasteiger partial charge in [0.2, 0.25) is 5.91 Å². The lowest BCUT2D eigenvalue weighted by molar-refractivity contribution is -0.131. The van der Waals surface area contributed by atoms with E-state index in [4.69, 9.17) is 11.6 Å². The zero-order chi connectivity index (χ0) is 12.3. The van der Waals surface area contributed by atoms with Gasteiger partial charge in [-0.25, -0.2) is 0 Å². The first-order valence-corrected chi connectivity index (χ1v) is 6.61. The van der Waals surface area contributed by atoms with Crippen LogP contribution >= 0.6 is 11.6 Å². The standard InChI is InChI=1S/C14H18ClNO/c1-11-6-5-7-12(10-11)13(15)14(17)16-8-3-2-4-9-16/h5-7,10,13H,2-4,8-9H2,1H3. The molecule has 0 radical (unpaired) electrons. The largest absolute Gasteiger partial charge is 0.341 e. The van der Waals surface area contributed by atoms with Crippen LogP contribution in [0, 0.1) is 6.92 Å². The molecule has 0 N–H and O–H groups in total. The van der Waals surface area contributed by atoms with E-state index >= 15 is 0 Å². The quantitative estimate of drug-likeness (QED) is 0.739. The van der Waals surface area contributed by atoms with E-state index in [1.165, 1.54) is 6.42 Å². The van der Waals surface area contributed by atoms with E-state index in [-0.39, 0.29) is 5.91 Å². The Morgan fingerprint density at radius 2 is 2.00 bits per heavy atom. The molecule has 1 aromatic carbocycles. The lowest BCUT2D eigenvalue weighted by Crippen LogP contribution is -2.37. The second-order valence-corrected chi connectivity index (χ2v) is 5.10. The Labute approximate surface area is 108 Å². The number of alkyl halides is 1. The van der Waals surface area contributed by atoms with Gasteiger partial charge in [-0.3, -0.25) is 4.79 Å². The molecule has 0 aliphatic carbocycles. The molecule has 3 heteroatoms. The maximum absolute atomic E-state index is 12.2.